The number of hydrogen-bond donors (Lipinski definition) is 0. The monoisotopic (exact) mass is 308 g/mol. The number of nitrogens with zero attached hydrogens (tertiary/aromatic N) is 4. The fraction of sp³-hybridized carbons (Fsp3) is 0.444. The quantitative estimate of drug-likeness (QED) is 0.727. The van der Waals surface area contributed by atoms with Crippen molar-refractivity contribution in [3.05, 3.63) is 36.7 Å². The predicted octanol–water partition coefficient (Wildman–Crippen LogP) is 3.49. The molecule has 118 valence electrons. The van der Waals surface area contributed by atoms with E-state index >= 15 is 0 Å². The van der Waals surface area contributed by atoms with Crippen LogP contribution < -0.4 is 0 Å². The van der Waals surface area contributed by atoms with Crippen molar-refractivity contribution in [3.8, 4) is 11.3 Å². The van der Waals surface area contributed by atoms with E-state index in [2.05, 4.69) is 45.3 Å². The number of hydrogen-bond acceptors (Lipinski definition) is 4. The molecule has 2 aliphatic heterocycles. The highest BCUT2D eigenvalue weighted by molar-refractivity contribution is 5.82. The van der Waals surface area contributed by atoms with Crippen molar-refractivity contribution < 1.29 is 4.42 Å². The zero-order valence-corrected chi connectivity index (χ0v) is 13.2. The molecule has 2 aliphatic rings. The Morgan fingerprint density at radius 2 is 1.91 bits per heavy atom. The van der Waals surface area contributed by atoms with Crippen LogP contribution in [-0.4, -0.2) is 39.0 Å². The molecule has 0 radical (unpaired) electrons. The molecule has 0 N–H and O–H groups in total. The maximum Gasteiger partial charge on any atom is 0.133 e. The zero-order chi connectivity index (χ0) is 15.4. The van der Waals surface area contributed by atoms with E-state index in [0.29, 0.717) is 18.1 Å². The summed E-state index contributed by atoms with van der Waals surface area (Å²) >= 11 is 0. The summed E-state index contributed by atoms with van der Waals surface area (Å²) in [4.78, 5) is 2.56. The van der Waals surface area contributed by atoms with Gasteiger partial charge in [-0.25, -0.2) is 4.68 Å². The Morgan fingerprint density at radius 1 is 1.09 bits per heavy atom. The predicted molar refractivity (Wildman–Crippen MR) is 88.1 cm³/mol. The van der Waals surface area contributed by atoms with E-state index in [0.717, 1.165) is 22.2 Å². The molecule has 2 saturated heterocycles. The second-order valence-electron chi connectivity index (χ2n) is 6.93. The summed E-state index contributed by atoms with van der Waals surface area (Å²) < 4.78 is 7.49. The van der Waals surface area contributed by atoms with Crippen LogP contribution in [-0.2, 0) is 0 Å². The van der Waals surface area contributed by atoms with Crippen molar-refractivity contribution in [2.24, 2.45) is 0 Å². The molecule has 0 amide bonds. The topological polar surface area (TPSA) is 47.1 Å². The number of rotatable bonds is 2. The van der Waals surface area contributed by atoms with Gasteiger partial charge in [0.25, 0.3) is 0 Å². The van der Waals surface area contributed by atoms with Gasteiger partial charge in [-0.2, -0.15) is 0 Å². The number of aromatic nitrogens is 3. The highest BCUT2D eigenvalue weighted by atomic mass is 16.3. The molecule has 5 heteroatoms. The third kappa shape index (κ3) is 2.10. The summed E-state index contributed by atoms with van der Waals surface area (Å²) in [6, 6.07) is 10.1. The molecule has 2 bridgehead atoms. The minimum atomic E-state index is 0.489. The summed E-state index contributed by atoms with van der Waals surface area (Å²) in [5.41, 5.74) is 2.95. The molecule has 2 fully saturated rings. The molecule has 5 nitrogen and oxygen atoms in total. The second kappa shape index (κ2) is 4.93. The number of furan rings is 1. The molecule has 0 aliphatic carbocycles. The van der Waals surface area contributed by atoms with Crippen molar-refractivity contribution in [1.29, 1.82) is 0 Å². The smallest absolute Gasteiger partial charge is 0.133 e. The Kier molecular flexibility index (Phi) is 2.85. The van der Waals surface area contributed by atoms with Gasteiger partial charge in [0, 0.05) is 23.0 Å². The third-order valence-electron chi connectivity index (χ3n) is 5.71. The van der Waals surface area contributed by atoms with Gasteiger partial charge in [-0.3, -0.25) is 0 Å². The standard InChI is InChI=1S/C18H20N4O/c1-21-14-3-4-15(21)10-16(9-14)22-11-17(19-20-22)12-2-5-18-13(8-12)6-7-23-18/h2,5-8,11,14-16H,3-4,9-10H2,1H3. The lowest BCUT2D eigenvalue weighted by atomic mass is 9.98. The average Bonchev–Trinajstić information content (AvgIpc) is 3.25. The lowest BCUT2D eigenvalue weighted by Crippen LogP contribution is -2.40. The van der Waals surface area contributed by atoms with Gasteiger partial charge >= 0.3 is 0 Å². The molecular weight excluding hydrogens is 288 g/mol. The molecule has 0 saturated carbocycles. The molecular formula is C18H20N4O. The van der Waals surface area contributed by atoms with Crippen LogP contribution >= 0.6 is 0 Å². The normalized spacial score (nSPS) is 27.8. The van der Waals surface area contributed by atoms with Crippen LogP contribution in [0.5, 0.6) is 0 Å². The first-order chi connectivity index (χ1) is 11.3. The van der Waals surface area contributed by atoms with Crippen LogP contribution in [0.15, 0.2) is 41.1 Å². The van der Waals surface area contributed by atoms with E-state index in [9.17, 15) is 0 Å². The van der Waals surface area contributed by atoms with Crippen LogP contribution in [0.25, 0.3) is 22.2 Å². The first kappa shape index (κ1) is 13.3. The fourth-order valence-corrected chi connectivity index (χ4v) is 4.31. The Bertz CT molecular complexity index is 837. The van der Waals surface area contributed by atoms with Crippen molar-refractivity contribution in [2.45, 2.75) is 43.8 Å². The van der Waals surface area contributed by atoms with E-state index in [-0.39, 0.29) is 0 Å². The summed E-state index contributed by atoms with van der Waals surface area (Å²) in [6.07, 6.45) is 8.87. The van der Waals surface area contributed by atoms with Crippen LogP contribution in [0.4, 0.5) is 0 Å². The van der Waals surface area contributed by atoms with Gasteiger partial charge in [0.05, 0.1) is 18.5 Å². The number of piperidine rings is 1. The summed E-state index contributed by atoms with van der Waals surface area (Å²) in [7, 11) is 2.27. The molecule has 0 spiro atoms. The van der Waals surface area contributed by atoms with E-state index in [1.54, 1.807) is 6.26 Å². The number of benzene rings is 1. The van der Waals surface area contributed by atoms with E-state index in [1.165, 1.54) is 25.7 Å². The first-order valence-electron chi connectivity index (χ1n) is 8.39. The molecule has 3 aromatic rings. The van der Waals surface area contributed by atoms with Gasteiger partial charge in [-0.05, 0) is 57.0 Å². The largest absolute Gasteiger partial charge is 0.464 e. The Morgan fingerprint density at radius 3 is 2.74 bits per heavy atom. The zero-order valence-electron chi connectivity index (χ0n) is 13.2. The molecule has 23 heavy (non-hydrogen) atoms. The van der Waals surface area contributed by atoms with E-state index in [4.69, 9.17) is 4.42 Å². The molecule has 4 heterocycles. The van der Waals surface area contributed by atoms with Crippen LogP contribution in [0.2, 0.25) is 0 Å². The van der Waals surface area contributed by atoms with Crippen molar-refractivity contribution in [1.82, 2.24) is 19.9 Å². The minimum Gasteiger partial charge on any atom is -0.464 e. The van der Waals surface area contributed by atoms with Crippen molar-refractivity contribution in [2.75, 3.05) is 7.05 Å². The van der Waals surface area contributed by atoms with Gasteiger partial charge in [0.15, 0.2) is 0 Å². The lowest BCUT2D eigenvalue weighted by molar-refractivity contribution is 0.130. The number of fused-ring (bicyclic) bond motifs is 3. The van der Waals surface area contributed by atoms with E-state index < -0.39 is 0 Å². The summed E-state index contributed by atoms with van der Waals surface area (Å²) in [6.45, 7) is 0. The highest BCUT2D eigenvalue weighted by Gasteiger charge is 2.39. The Balaban J connectivity index is 1.44. The molecule has 5 rings (SSSR count). The minimum absolute atomic E-state index is 0.489. The van der Waals surface area contributed by atoms with Gasteiger partial charge < -0.3 is 9.32 Å². The second-order valence-corrected chi connectivity index (χ2v) is 6.93. The summed E-state index contributed by atoms with van der Waals surface area (Å²) in [5, 5.41) is 9.95. The molecule has 2 aromatic heterocycles. The summed E-state index contributed by atoms with van der Waals surface area (Å²) in [5.74, 6) is 0. The Labute approximate surface area is 134 Å². The maximum atomic E-state index is 5.40. The molecule has 2 unspecified atom stereocenters. The SMILES string of the molecule is CN1C2CCC1CC(n1cc(-c3ccc4occc4c3)nn1)C2. The van der Waals surface area contributed by atoms with Crippen LogP contribution in [0.1, 0.15) is 31.7 Å². The van der Waals surface area contributed by atoms with Crippen LogP contribution in [0, 0.1) is 0 Å². The van der Waals surface area contributed by atoms with Gasteiger partial charge in [-0.15, -0.1) is 5.10 Å². The molecule has 1 aromatic carbocycles. The van der Waals surface area contributed by atoms with Crippen molar-refractivity contribution in [3.63, 3.8) is 0 Å². The van der Waals surface area contributed by atoms with Gasteiger partial charge in [0.2, 0.25) is 0 Å². The fourth-order valence-electron chi connectivity index (χ4n) is 4.31. The third-order valence-corrected chi connectivity index (χ3v) is 5.71. The maximum absolute atomic E-state index is 5.40. The highest BCUT2D eigenvalue weighted by Crippen LogP contribution is 2.39. The van der Waals surface area contributed by atoms with Gasteiger partial charge in [0.1, 0.15) is 11.3 Å². The molecule has 2 atom stereocenters. The van der Waals surface area contributed by atoms with Crippen LogP contribution in [0.3, 0.4) is 0 Å². The first-order valence-corrected chi connectivity index (χ1v) is 8.39. The van der Waals surface area contributed by atoms with E-state index in [1.807, 2.05) is 12.1 Å². The van der Waals surface area contributed by atoms with Gasteiger partial charge in [-0.1, -0.05) is 5.21 Å². The average molecular weight is 308 g/mol. The van der Waals surface area contributed by atoms with Crippen molar-refractivity contribution >= 4 is 11.0 Å². The lowest BCUT2D eigenvalue weighted by Gasteiger charge is -2.36. The Hall–Kier alpha value is -2.14.